The molecule has 0 saturated heterocycles. The van der Waals surface area contributed by atoms with Gasteiger partial charge in [-0.2, -0.15) is 0 Å². The summed E-state index contributed by atoms with van der Waals surface area (Å²) in [5.41, 5.74) is -0.198. The van der Waals surface area contributed by atoms with E-state index in [1.54, 1.807) is 25.4 Å². The lowest BCUT2D eigenvalue weighted by Gasteiger charge is -2.41. The minimum Gasteiger partial charge on any atom is -0.507 e. The molecule has 0 spiro atoms. The van der Waals surface area contributed by atoms with E-state index >= 15 is 0 Å². The number of nitrogens with one attached hydrogen (secondary N) is 1. The Kier molecular flexibility index (Phi) is 4.45. The Morgan fingerprint density at radius 2 is 1.93 bits per heavy atom. The molecule has 1 fully saturated rings. The first-order valence-corrected chi connectivity index (χ1v) is 8.80. The molecule has 0 aliphatic heterocycles. The van der Waals surface area contributed by atoms with Crippen molar-refractivity contribution in [2.45, 2.75) is 37.8 Å². The van der Waals surface area contributed by atoms with Crippen LogP contribution in [0.25, 0.3) is 22.0 Å². The SMILES string of the molecule is C[C@]1(O)C[C@@H](Nc2nnc(-c3ccc(OC(F)(F)F)cc3O)c3ccncc23)C1. The van der Waals surface area contributed by atoms with Gasteiger partial charge in [-0.25, -0.2) is 0 Å². The third kappa shape index (κ3) is 4.02. The molecule has 0 radical (unpaired) electrons. The first kappa shape index (κ1) is 19.2. The molecule has 2 heterocycles. The Morgan fingerprint density at radius 1 is 1.17 bits per heavy atom. The third-order valence-corrected chi connectivity index (χ3v) is 4.75. The monoisotopic (exact) mass is 406 g/mol. The van der Waals surface area contributed by atoms with Crippen LogP contribution in [0.2, 0.25) is 0 Å². The fourth-order valence-electron chi connectivity index (χ4n) is 3.51. The van der Waals surface area contributed by atoms with Gasteiger partial charge in [0.15, 0.2) is 5.82 Å². The van der Waals surface area contributed by atoms with Crippen LogP contribution in [-0.4, -0.2) is 43.4 Å². The summed E-state index contributed by atoms with van der Waals surface area (Å²) in [5.74, 6) is -0.475. The number of aliphatic hydroxyl groups is 1. The number of fused-ring (bicyclic) bond motifs is 1. The van der Waals surface area contributed by atoms with Crippen molar-refractivity contribution in [3.8, 4) is 22.8 Å². The molecule has 7 nitrogen and oxygen atoms in total. The van der Waals surface area contributed by atoms with E-state index in [9.17, 15) is 23.4 Å². The number of halogens is 3. The first-order chi connectivity index (χ1) is 13.6. The molecule has 4 rings (SSSR count). The lowest BCUT2D eigenvalue weighted by Crippen LogP contribution is -2.48. The molecule has 0 unspecified atom stereocenters. The molecule has 10 heteroatoms. The number of pyridine rings is 1. The predicted octanol–water partition coefficient (Wildman–Crippen LogP) is 3.62. The Hall–Kier alpha value is -3.14. The Bertz CT molecular complexity index is 1060. The van der Waals surface area contributed by atoms with Crippen LogP contribution in [0.15, 0.2) is 36.7 Å². The van der Waals surface area contributed by atoms with E-state index in [1.165, 1.54) is 6.07 Å². The molecule has 2 aromatic heterocycles. The number of hydrogen-bond acceptors (Lipinski definition) is 7. The molecule has 152 valence electrons. The zero-order valence-electron chi connectivity index (χ0n) is 15.2. The molecule has 3 aromatic rings. The maximum atomic E-state index is 12.4. The van der Waals surface area contributed by atoms with Crippen molar-refractivity contribution in [2.24, 2.45) is 0 Å². The minimum atomic E-state index is -4.86. The van der Waals surface area contributed by atoms with Crippen LogP contribution in [0.4, 0.5) is 19.0 Å². The topological polar surface area (TPSA) is 100 Å². The summed E-state index contributed by atoms with van der Waals surface area (Å²) < 4.78 is 41.0. The van der Waals surface area contributed by atoms with Crippen LogP contribution < -0.4 is 10.1 Å². The normalized spacial score (nSPS) is 21.6. The second-order valence-corrected chi connectivity index (χ2v) is 7.29. The van der Waals surface area contributed by atoms with Gasteiger partial charge in [0.1, 0.15) is 17.2 Å². The maximum Gasteiger partial charge on any atom is 0.573 e. The number of alkyl halides is 3. The molecule has 0 bridgehead atoms. The van der Waals surface area contributed by atoms with Crippen molar-refractivity contribution >= 4 is 16.6 Å². The zero-order valence-corrected chi connectivity index (χ0v) is 15.2. The average Bonchev–Trinajstić information content (AvgIpc) is 2.60. The summed E-state index contributed by atoms with van der Waals surface area (Å²) in [5, 5.41) is 33.0. The Balaban J connectivity index is 1.69. The van der Waals surface area contributed by atoms with Gasteiger partial charge in [0.2, 0.25) is 0 Å². The van der Waals surface area contributed by atoms with Crippen LogP contribution in [0.1, 0.15) is 19.8 Å². The average molecular weight is 406 g/mol. The van der Waals surface area contributed by atoms with Crippen molar-refractivity contribution in [2.75, 3.05) is 5.32 Å². The molecule has 1 aliphatic carbocycles. The molecule has 1 aromatic carbocycles. The summed E-state index contributed by atoms with van der Waals surface area (Å²) >= 11 is 0. The van der Waals surface area contributed by atoms with Gasteiger partial charge < -0.3 is 20.3 Å². The number of ether oxygens (including phenoxy) is 1. The second kappa shape index (κ2) is 6.73. The maximum absolute atomic E-state index is 12.4. The number of aromatic hydroxyl groups is 1. The summed E-state index contributed by atoms with van der Waals surface area (Å²) in [6.07, 6.45) is -0.584. The number of nitrogens with zero attached hydrogens (tertiary/aromatic N) is 3. The predicted molar refractivity (Wildman–Crippen MR) is 98.4 cm³/mol. The van der Waals surface area contributed by atoms with Crippen LogP contribution in [0.5, 0.6) is 11.5 Å². The highest BCUT2D eigenvalue weighted by Crippen LogP contribution is 2.39. The second-order valence-electron chi connectivity index (χ2n) is 7.29. The van der Waals surface area contributed by atoms with E-state index in [1.807, 2.05) is 0 Å². The van der Waals surface area contributed by atoms with E-state index in [0.717, 1.165) is 12.1 Å². The standard InChI is InChI=1S/C19H17F3N4O3/c1-18(28)7-10(8-18)24-17-14-9-23-5-4-12(14)16(25-26-17)13-3-2-11(6-15(13)27)29-19(20,21)22/h2-6,9-10,27-28H,7-8H2,1H3,(H,24,26)/t10-,18+. The largest absolute Gasteiger partial charge is 0.573 e. The zero-order chi connectivity index (χ0) is 20.8. The fraction of sp³-hybridized carbons (Fsp3) is 0.316. The van der Waals surface area contributed by atoms with Gasteiger partial charge in [-0.05, 0) is 38.0 Å². The van der Waals surface area contributed by atoms with Crippen molar-refractivity contribution in [3.63, 3.8) is 0 Å². The summed E-state index contributed by atoms with van der Waals surface area (Å²) in [7, 11) is 0. The van der Waals surface area contributed by atoms with Gasteiger partial charge in [0, 0.05) is 40.8 Å². The fourth-order valence-corrected chi connectivity index (χ4v) is 3.51. The van der Waals surface area contributed by atoms with E-state index in [-0.39, 0.29) is 11.6 Å². The van der Waals surface area contributed by atoms with Crippen LogP contribution in [0, 0.1) is 0 Å². The van der Waals surface area contributed by atoms with Crippen LogP contribution in [-0.2, 0) is 0 Å². The quantitative estimate of drug-likeness (QED) is 0.608. The summed E-state index contributed by atoms with van der Waals surface area (Å²) in [6.45, 7) is 1.76. The van der Waals surface area contributed by atoms with E-state index < -0.39 is 23.5 Å². The van der Waals surface area contributed by atoms with Crippen molar-refractivity contribution in [1.82, 2.24) is 15.2 Å². The first-order valence-electron chi connectivity index (χ1n) is 8.80. The lowest BCUT2D eigenvalue weighted by atomic mass is 9.77. The molecule has 1 aliphatic rings. The highest BCUT2D eigenvalue weighted by Gasteiger charge is 2.38. The van der Waals surface area contributed by atoms with Crippen LogP contribution in [0.3, 0.4) is 0 Å². The number of rotatable bonds is 4. The molecule has 0 atom stereocenters. The smallest absolute Gasteiger partial charge is 0.507 e. The van der Waals surface area contributed by atoms with Crippen molar-refractivity contribution in [3.05, 3.63) is 36.7 Å². The van der Waals surface area contributed by atoms with Gasteiger partial charge in [0.05, 0.1) is 5.60 Å². The number of phenols is 1. The third-order valence-electron chi connectivity index (χ3n) is 4.75. The van der Waals surface area contributed by atoms with E-state index in [2.05, 4.69) is 25.2 Å². The Labute approximate surface area is 163 Å². The van der Waals surface area contributed by atoms with Gasteiger partial charge in [-0.3, -0.25) is 4.98 Å². The van der Waals surface area contributed by atoms with Crippen molar-refractivity contribution < 1.29 is 28.1 Å². The number of hydrogen-bond donors (Lipinski definition) is 3. The summed E-state index contributed by atoms with van der Waals surface area (Å²) in [6, 6.07) is 4.98. The number of benzene rings is 1. The molecule has 0 amide bonds. The highest BCUT2D eigenvalue weighted by atomic mass is 19.4. The van der Waals surface area contributed by atoms with Gasteiger partial charge in [-0.1, -0.05) is 0 Å². The van der Waals surface area contributed by atoms with Gasteiger partial charge in [-0.15, -0.1) is 23.4 Å². The van der Waals surface area contributed by atoms with Gasteiger partial charge >= 0.3 is 6.36 Å². The number of aromatic nitrogens is 3. The Morgan fingerprint density at radius 3 is 2.59 bits per heavy atom. The lowest BCUT2D eigenvalue weighted by molar-refractivity contribution is -0.274. The van der Waals surface area contributed by atoms with E-state index in [4.69, 9.17) is 0 Å². The molecule has 29 heavy (non-hydrogen) atoms. The molecule has 1 saturated carbocycles. The minimum absolute atomic E-state index is 0.0424. The molecule has 3 N–H and O–H groups in total. The van der Waals surface area contributed by atoms with Crippen LogP contribution >= 0.6 is 0 Å². The van der Waals surface area contributed by atoms with Gasteiger partial charge in [0.25, 0.3) is 0 Å². The summed E-state index contributed by atoms with van der Waals surface area (Å²) in [4.78, 5) is 4.10. The molecular formula is C19H17F3N4O3. The number of anilines is 1. The van der Waals surface area contributed by atoms with Crippen molar-refractivity contribution in [1.29, 1.82) is 0 Å². The van der Waals surface area contributed by atoms with E-state index in [0.29, 0.717) is 35.1 Å². The molecular weight excluding hydrogens is 389 g/mol. The highest BCUT2D eigenvalue weighted by molar-refractivity contribution is 6.00. The number of phenolic OH excluding ortho intramolecular Hbond substituents is 1.